The standard InChI is InChI=1S/C11H13BrFNO/c12-14-4-5-15-11(8-14)7-9-2-1-3-10(13)6-9/h1-3,6,11H,4-5,7-8H2. The lowest BCUT2D eigenvalue weighted by Crippen LogP contribution is -2.38. The van der Waals surface area contributed by atoms with Gasteiger partial charge in [0.05, 0.1) is 12.7 Å². The monoisotopic (exact) mass is 273 g/mol. The molecule has 1 aromatic rings. The molecule has 1 heterocycles. The van der Waals surface area contributed by atoms with E-state index < -0.39 is 0 Å². The van der Waals surface area contributed by atoms with Crippen molar-refractivity contribution in [3.63, 3.8) is 0 Å². The highest BCUT2D eigenvalue weighted by molar-refractivity contribution is 9.07. The second-order valence-electron chi connectivity index (χ2n) is 3.70. The number of benzene rings is 1. The Balaban J connectivity index is 1.96. The summed E-state index contributed by atoms with van der Waals surface area (Å²) in [4.78, 5) is 0. The average Bonchev–Trinajstić information content (AvgIpc) is 2.17. The van der Waals surface area contributed by atoms with Gasteiger partial charge in [-0.1, -0.05) is 12.1 Å². The normalized spacial score (nSPS) is 22.9. The Labute approximate surface area is 97.4 Å². The molecule has 0 aromatic heterocycles. The summed E-state index contributed by atoms with van der Waals surface area (Å²) in [5.74, 6) is -0.181. The van der Waals surface area contributed by atoms with Crippen LogP contribution in [-0.4, -0.2) is 29.7 Å². The molecule has 1 aliphatic heterocycles. The number of halogens is 2. The Hall–Kier alpha value is -0.450. The molecule has 82 valence electrons. The van der Waals surface area contributed by atoms with E-state index in [2.05, 4.69) is 20.1 Å². The second kappa shape index (κ2) is 5.05. The van der Waals surface area contributed by atoms with Crippen LogP contribution in [0.4, 0.5) is 4.39 Å². The molecule has 1 aromatic carbocycles. The van der Waals surface area contributed by atoms with Crippen LogP contribution in [0, 0.1) is 5.82 Å². The quantitative estimate of drug-likeness (QED) is 0.768. The molecule has 0 aliphatic carbocycles. The van der Waals surface area contributed by atoms with Crippen LogP contribution in [-0.2, 0) is 11.2 Å². The Morgan fingerprint density at radius 3 is 3.13 bits per heavy atom. The van der Waals surface area contributed by atoms with Crippen LogP contribution in [0.2, 0.25) is 0 Å². The first kappa shape index (κ1) is 11.0. The molecule has 0 N–H and O–H groups in total. The Kier molecular flexibility index (Phi) is 3.72. The number of rotatable bonds is 2. The van der Waals surface area contributed by atoms with Crippen LogP contribution in [0.5, 0.6) is 0 Å². The minimum absolute atomic E-state index is 0.153. The lowest BCUT2D eigenvalue weighted by Gasteiger charge is -2.28. The molecule has 0 bridgehead atoms. The third kappa shape index (κ3) is 3.26. The molecule has 1 aliphatic rings. The van der Waals surface area contributed by atoms with Crippen molar-refractivity contribution >= 4 is 16.1 Å². The Morgan fingerprint density at radius 2 is 2.40 bits per heavy atom. The van der Waals surface area contributed by atoms with E-state index in [1.807, 2.05) is 6.07 Å². The summed E-state index contributed by atoms with van der Waals surface area (Å²) >= 11 is 3.44. The number of hydrogen-bond donors (Lipinski definition) is 0. The molecule has 0 radical (unpaired) electrons. The number of ether oxygens (including phenoxy) is 1. The molecule has 2 rings (SSSR count). The average molecular weight is 274 g/mol. The van der Waals surface area contributed by atoms with Gasteiger partial charge in [-0.25, -0.2) is 8.32 Å². The lowest BCUT2D eigenvalue weighted by atomic mass is 10.1. The first-order chi connectivity index (χ1) is 7.24. The minimum atomic E-state index is -0.181. The maximum atomic E-state index is 12.9. The van der Waals surface area contributed by atoms with Crippen LogP contribution in [0.15, 0.2) is 24.3 Å². The van der Waals surface area contributed by atoms with Crippen LogP contribution < -0.4 is 0 Å². The van der Waals surface area contributed by atoms with E-state index in [0.29, 0.717) is 0 Å². The van der Waals surface area contributed by atoms with Crippen molar-refractivity contribution in [2.45, 2.75) is 12.5 Å². The predicted molar refractivity (Wildman–Crippen MR) is 60.3 cm³/mol. The molecule has 0 spiro atoms. The van der Waals surface area contributed by atoms with E-state index in [-0.39, 0.29) is 11.9 Å². The van der Waals surface area contributed by atoms with E-state index in [9.17, 15) is 4.39 Å². The highest BCUT2D eigenvalue weighted by Crippen LogP contribution is 2.14. The zero-order valence-electron chi connectivity index (χ0n) is 8.33. The van der Waals surface area contributed by atoms with E-state index in [4.69, 9.17) is 4.74 Å². The van der Waals surface area contributed by atoms with Gasteiger partial charge >= 0.3 is 0 Å². The second-order valence-corrected chi connectivity index (χ2v) is 4.70. The zero-order chi connectivity index (χ0) is 10.7. The van der Waals surface area contributed by atoms with Crippen LogP contribution >= 0.6 is 16.1 Å². The van der Waals surface area contributed by atoms with Gasteiger partial charge in [0.2, 0.25) is 0 Å². The van der Waals surface area contributed by atoms with Gasteiger partial charge in [0.1, 0.15) is 5.82 Å². The number of hydrogen-bond acceptors (Lipinski definition) is 2. The first-order valence-electron chi connectivity index (χ1n) is 5.01. The SMILES string of the molecule is Fc1cccc(CC2CN(Br)CCO2)c1. The van der Waals surface area contributed by atoms with Gasteiger partial charge in [0.15, 0.2) is 0 Å². The molecular weight excluding hydrogens is 261 g/mol. The highest BCUT2D eigenvalue weighted by Gasteiger charge is 2.18. The molecule has 1 fully saturated rings. The first-order valence-corrected chi connectivity index (χ1v) is 5.72. The third-order valence-corrected chi connectivity index (χ3v) is 3.09. The van der Waals surface area contributed by atoms with Gasteiger partial charge in [-0.3, -0.25) is 0 Å². The molecule has 0 amide bonds. The van der Waals surface area contributed by atoms with Gasteiger partial charge in [-0.05, 0) is 17.7 Å². The molecule has 1 atom stereocenters. The Morgan fingerprint density at radius 1 is 1.53 bits per heavy atom. The van der Waals surface area contributed by atoms with Crippen molar-refractivity contribution in [1.82, 2.24) is 3.93 Å². The van der Waals surface area contributed by atoms with Crippen molar-refractivity contribution in [1.29, 1.82) is 0 Å². The van der Waals surface area contributed by atoms with Crippen molar-refractivity contribution in [2.75, 3.05) is 19.7 Å². The molecular formula is C11H13BrFNO. The van der Waals surface area contributed by atoms with Crippen LogP contribution in [0.1, 0.15) is 5.56 Å². The lowest BCUT2D eigenvalue weighted by molar-refractivity contribution is 0.00472. The van der Waals surface area contributed by atoms with E-state index in [1.54, 1.807) is 12.1 Å². The highest BCUT2D eigenvalue weighted by atomic mass is 79.9. The van der Waals surface area contributed by atoms with E-state index >= 15 is 0 Å². The van der Waals surface area contributed by atoms with Crippen molar-refractivity contribution < 1.29 is 9.13 Å². The van der Waals surface area contributed by atoms with E-state index in [1.165, 1.54) is 6.07 Å². The molecule has 15 heavy (non-hydrogen) atoms. The van der Waals surface area contributed by atoms with Gasteiger partial charge in [0.25, 0.3) is 0 Å². The molecule has 4 heteroatoms. The fraction of sp³-hybridized carbons (Fsp3) is 0.455. The molecule has 1 saturated heterocycles. The Bertz CT molecular complexity index is 334. The summed E-state index contributed by atoms with van der Waals surface area (Å²) in [6.45, 7) is 2.47. The van der Waals surface area contributed by atoms with Gasteiger partial charge in [-0.15, -0.1) is 0 Å². The molecule has 0 saturated carbocycles. The summed E-state index contributed by atoms with van der Waals surface area (Å²) < 4.78 is 20.6. The van der Waals surface area contributed by atoms with Gasteiger partial charge < -0.3 is 4.74 Å². The minimum Gasteiger partial charge on any atom is -0.375 e. The predicted octanol–water partition coefficient (Wildman–Crippen LogP) is 2.38. The van der Waals surface area contributed by atoms with Gasteiger partial charge in [-0.2, -0.15) is 0 Å². The van der Waals surface area contributed by atoms with Crippen molar-refractivity contribution in [3.05, 3.63) is 35.6 Å². The largest absolute Gasteiger partial charge is 0.375 e. The van der Waals surface area contributed by atoms with Crippen LogP contribution in [0.25, 0.3) is 0 Å². The fourth-order valence-electron chi connectivity index (χ4n) is 1.73. The third-order valence-electron chi connectivity index (χ3n) is 2.44. The summed E-state index contributed by atoms with van der Waals surface area (Å²) in [5, 5.41) is 0. The van der Waals surface area contributed by atoms with Gasteiger partial charge in [0, 0.05) is 35.7 Å². The summed E-state index contributed by atoms with van der Waals surface area (Å²) in [7, 11) is 0. The topological polar surface area (TPSA) is 12.5 Å². The number of morpholine rings is 1. The fourth-order valence-corrected chi connectivity index (χ4v) is 2.20. The smallest absolute Gasteiger partial charge is 0.123 e. The maximum Gasteiger partial charge on any atom is 0.123 e. The maximum absolute atomic E-state index is 12.9. The summed E-state index contributed by atoms with van der Waals surface area (Å²) in [5.41, 5.74) is 0.989. The number of nitrogens with zero attached hydrogens (tertiary/aromatic N) is 1. The van der Waals surface area contributed by atoms with Crippen molar-refractivity contribution in [2.24, 2.45) is 0 Å². The molecule has 1 unspecified atom stereocenters. The molecule has 2 nitrogen and oxygen atoms in total. The van der Waals surface area contributed by atoms with E-state index in [0.717, 1.165) is 31.7 Å². The van der Waals surface area contributed by atoms with Crippen molar-refractivity contribution in [3.8, 4) is 0 Å². The summed E-state index contributed by atoms with van der Waals surface area (Å²) in [6.07, 6.45) is 0.916. The summed E-state index contributed by atoms with van der Waals surface area (Å²) in [6, 6.07) is 6.69. The zero-order valence-corrected chi connectivity index (χ0v) is 9.91. The van der Waals surface area contributed by atoms with Crippen LogP contribution in [0.3, 0.4) is 0 Å².